The second-order valence-corrected chi connectivity index (χ2v) is 8.03. The van der Waals surface area contributed by atoms with Crippen molar-refractivity contribution < 1.29 is 9.47 Å². The molecule has 0 N–H and O–H groups in total. The van der Waals surface area contributed by atoms with E-state index in [4.69, 9.17) is 9.47 Å². The number of fused-ring (bicyclic) bond motifs is 1. The summed E-state index contributed by atoms with van der Waals surface area (Å²) < 4.78 is 14.0. The van der Waals surface area contributed by atoms with Crippen molar-refractivity contribution in [2.75, 3.05) is 13.7 Å². The lowest BCUT2D eigenvalue weighted by Gasteiger charge is -2.12. The lowest BCUT2D eigenvalue weighted by Crippen LogP contribution is -2.22. The minimum atomic E-state index is -0.204. The van der Waals surface area contributed by atoms with Crippen LogP contribution in [-0.2, 0) is 6.42 Å². The Bertz CT molecular complexity index is 1130. The van der Waals surface area contributed by atoms with Gasteiger partial charge in [-0.05, 0) is 59.6 Å². The number of aromatic nitrogens is 2. The van der Waals surface area contributed by atoms with Crippen LogP contribution in [0.4, 0.5) is 0 Å². The van der Waals surface area contributed by atoms with Gasteiger partial charge in [0.15, 0.2) is 11.5 Å². The van der Waals surface area contributed by atoms with Crippen molar-refractivity contribution in [3.05, 3.63) is 61.0 Å². The number of methoxy groups -OCH3 is 1. The van der Waals surface area contributed by atoms with Crippen molar-refractivity contribution >= 4 is 49.0 Å². The third-order valence-corrected chi connectivity index (χ3v) is 5.42. The van der Waals surface area contributed by atoms with Crippen molar-refractivity contribution in [2.24, 2.45) is 5.10 Å². The molecule has 0 amide bonds. The first-order valence-corrected chi connectivity index (χ1v) is 10.8. The van der Waals surface area contributed by atoms with Crippen LogP contribution in [0.2, 0.25) is 0 Å². The molecule has 6 nitrogen and oxygen atoms in total. The number of hydrogen-bond acceptors (Lipinski definition) is 5. The van der Waals surface area contributed by atoms with Gasteiger partial charge < -0.3 is 9.47 Å². The molecule has 3 rings (SSSR count). The SMILES string of the molecule is CCCc1nc2ccc(Br)cc2c(=O)n1N=Cc1cc(OC)c(OCC)cc1Br. The quantitative estimate of drug-likeness (QED) is 0.402. The van der Waals surface area contributed by atoms with Crippen molar-refractivity contribution in [1.82, 2.24) is 9.66 Å². The average molecular weight is 523 g/mol. The molecule has 0 bridgehead atoms. The van der Waals surface area contributed by atoms with Gasteiger partial charge in [-0.1, -0.05) is 22.9 Å². The normalized spacial score (nSPS) is 11.3. The van der Waals surface area contributed by atoms with Gasteiger partial charge in [0.05, 0.1) is 30.8 Å². The first-order valence-electron chi connectivity index (χ1n) is 9.24. The van der Waals surface area contributed by atoms with Crippen LogP contribution < -0.4 is 15.0 Å². The van der Waals surface area contributed by atoms with Crippen LogP contribution in [0.1, 0.15) is 31.7 Å². The Morgan fingerprint density at radius 3 is 2.66 bits per heavy atom. The molecule has 2 aromatic carbocycles. The molecule has 1 aromatic heterocycles. The third kappa shape index (κ3) is 4.70. The average Bonchev–Trinajstić information content (AvgIpc) is 2.70. The lowest BCUT2D eigenvalue weighted by molar-refractivity contribution is 0.310. The zero-order valence-electron chi connectivity index (χ0n) is 16.4. The highest BCUT2D eigenvalue weighted by atomic mass is 79.9. The molecule has 0 saturated heterocycles. The first-order chi connectivity index (χ1) is 14.0. The second kappa shape index (κ2) is 9.54. The van der Waals surface area contributed by atoms with E-state index in [2.05, 4.69) is 41.9 Å². The van der Waals surface area contributed by atoms with Gasteiger partial charge in [0.25, 0.3) is 5.56 Å². The monoisotopic (exact) mass is 521 g/mol. The summed E-state index contributed by atoms with van der Waals surface area (Å²) in [7, 11) is 1.58. The van der Waals surface area contributed by atoms with Gasteiger partial charge in [-0.3, -0.25) is 4.79 Å². The number of rotatable bonds is 7. The minimum Gasteiger partial charge on any atom is -0.493 e. The highest BCUT2D eigenvalue weighted by Crippen LogP contribution is 2.33. The molecule has 29 heavy (non-hydrogen) atoms. The fourth-order valence-corrected chi connectivity index (χ4v) is 3.68. The van der Waals surface area contributed by atoms with E-state index in [1.165, 1.54) is 4.68 Å². The largest absolute Gasteiger partial charge is 0.493 e. The maximum absolute atomic E-state index is 13.1. The van der Waals surface area contributed by atoms with Gasteiger partial charge >= 0.3 is 0 Å². The molecule has 152 valence electrons. The molecule has 0 unspecified atom stereocenters. The summed E-state index contributed by atoms with van der Waals surface area (Å²) in [5.74, 6) is 1.86. The predicted octanol–water partition coefficient (Wildman–Crippen LogP) is 5.16. The Balaban J connectivity index is 2.11. The Morgan fingerprint density at radius 1 is 1.17 bits per heavy atom. The maximum atomic E-state index is 13.1. The molecule has 0 atom stereocenters. The molecule has 0 aliphatic rings. The van der Waals surface area contributed by atoms with Crippen molar-refractivity contribution in [3.8, 4) is 11.5 Å². The van der Waals surface area contributed by atoms with Crippen LogP contribution in [0.5, 0.6) is 11.5 Å². The fourth-order valence-electron chi connectivity index (χ4n) is 2.90. The zero-order valence-corrected chi connectivity index (χ0v) is 19.6. The molecule has 0 spiro atoms. The third-order valence-electron chi connectivity index (χ3n) is 4.24. The number of hydrogen-bond donors (Lipinski definition) is 0. The van der Waals surface area contributed by atoms with Crippen LogP contribution in [0.3, 0.4) is 0 Å². The van der Waals surface area contributed by atoms with Crippen molar-refractivity contribution in [1.29, 1.82) is 0 Å². The molecule has 1 heterocycles. The summed E-state index contributed by atoms with van der Waals surface area (Å²) in [4.78, 5) is 17.7. The topological polar surface area (TPSA) is 65.7 Å². The van der Waals surface area contributed by atoms with E-state index in [0.29, 0.717) is 41.3 Å². The molecule has 0 aliphatic heterocycles. The van der Waals surface area contributed by atoms with E-state index in [1.54, 1.807) is 19.4 Å². The fraction of sp³-hybridized carbons (Fsp3) is 0.286. The van der Waals surface area contributed by atoms with Gasteiger partial charge in [-0.15, -0.1) is 0 Å². The highest BCUT2D eigenvalue weighted by molar-refractivity contribution is 9.10. The molecule has 0 radical (unpaired) electrons. The maximum Gasteiger partial charge on any atom is 0.282 e. The van der Waals surface area contributed by atoms with Crippen LogP contribution in [0, 0.1) is 0 Å². The molecule has 8 heteroatoms. The number of aryl methyl sites for hydroxylation is 1. The molecule has 0 aliphatic carbocycles. The van der Waals surface area contributed by atoms with Gasteiger partial charge in [-0.25, -0.2) is 4.98 Å². The van der Waals surface area contributed by atoms with Gasteiger partial charge in [-0.2, -0.15) is 9.78 Å². The Labute approximate surface area is 185 Å². The van der Waals surface area contributed by atoms with Crippen LogP contribution in [0.25, 0.3) is 10.9 Å². The standard InChI is InChI=1S/C21H21Br2N3O3/c1-4-6-20-25-17-8-7-14(22)10-15(17)21(27)26(20)24-12-13-9-18(28-3)19(29-5-2)11-16(13)23/h7-12H,4-6H2,1-3H3. The Morgan fingerprint density at radius 2 is 1.97 bits per heavy atom. The Hall–Kier alpha value is -2.19. The van der Waals surface area contributed by atoms with E-state index < -0.39 is 0 Å². The molecule has 0 saturated carbocycles. The second-order valence-electron chi connectivity index (χ2n) is 6.26. The number of benzene rings is 2. The summed E-state index contributed by atoms with van der Waals surface area (Å²) in [6.45, 7) is 4.49. The molecular formula is C21H21Br2N3O3. The first kappa shape index (κ1) is 21.5. The lowest BCUT2D eigenvalue weighted by atomic mass is 10.2. The molecule has 3 aromatic rings. The van der Waals surface area contributed by atoms with E-state index in [9.17, 15) is 4.79 Å². The molecule has 0 fully saturated rings. The summed E-state index contributed by atoms with van der Waals surface area (Å²) in [5, 5.41) is 4.97. The van der Waals surface area contributed by atoms with E-state index in [1.807, 2.05) is 38.1 Å². The van der Waals surface area contributed by atoms with Gasteiger partial charge in [0.1, 0.15) is 5.82 Å². The number of nitrogens with zero attached hydrogens (tertiary/aromatic N) is 3. The van der Waals surface area contributed by atoms with E-state index in [0.717, 1.165) is 20.9 Å². The van der Waals surface area contributed by atoms with Gasteiger partial charge in [0, 0.05) is 20.9 Å². The van der Waals surface area contributed by atoms with E-state index in [-0.39, 0.29) is 5.56 Å². The smallest absolute Gasteiger partial charge is 0.282 e. The van der Waals surface area contributed by atoms with Crippen LogP contribution in [-0.4, -0.2) is 29.6 Å². The van der Waals surface area contributed by atoms with Crippen LogP contribution in [0.15, 0.2) is 49.2 Å². The van der Waals surface area contributed by atoms with Crippen molar-refractivity contribution in [3.63, 3.8) is 0 Å². The Kier molecular flexibility index (Phi) is 7.08. The minimum absolute atomic E-state index is 0.204. The summed E-state index contributed by atoms with van der Waals surface area (Å²) in [6.07, 6.45) is 3.12. The zero-order chi connectivity index (χ0) is 21.0. The molecular weight excluding hydrogens is 502 g/mol. The van der Waals surface area contributed by atoms with E-state index >= 15 is 0 Å². The summed E-state index contributed by atoms with van der Waals surface area (Å²) in [6, 6.07) is 9.12. The highest BCUT2D eigenvalue weighted by Gasteiger charge is 2.12. The predicted molar refractivity (Wildman–Crippen MR) is 123 cm³/mol. The summed E-state index contributed by atoms with van der Waals surface area (Å²) >= 11 is 6.95. The number of ether oxygens (including phenoxy) is 2. The number of halogens is 2. The van der Waals surface area contributed by atoms with Crippen LogP contribution >= 0.6 is 31.9 Å². The van der Waals surface area contributed by atoms with Crippen molar-refractivity contribution in [2.45, 2.75) is 26.7 Å². The van der Waals surface area contributed by atoms with Gasteiger partial charge in [0.2, 0.25) is 0 Å². The summed E-state index contributed by atoms with van der Waals surface area (Å²) in [5.41, 5.74) is 1.22.